The number of aliphatic hydroxyl groups is 1. The van der Waals surface area contributed by atoms with Crippen LogP contribution >= 0.6 is 0 Å². The summed E-state index contributed by atoms with van der Waals surface area (Å²) in [7, 11) is -2.35. The van der Waals surface area contributed by atoms with Gasteiger partial charge in [-0.15, -0.1) is 0 Å². The molecule has 0 aliphatic heterocycles. The molecule has 0 saturated carbocycles. The van der Waals surface area contributed by atoms with Gasteiger partial charge in [-0.2, -0.15) is 0 Å². The maximum atomic E-state index is 13.9. The number of anilines is 1. The molecular weight excluding hydrogens is 639 g/mol. The zero-order valence-electron chi connectivity index (χ0n) is 28.8. The molecule has 3 aromatic carbocycles. The van der Waals surface area contributed by atoms with E-state index in [2.05, 4.69) is 40.8 Å². The van der Waals surface area contributed by atoms with Crippen LogP contribution in [0.4, 0.5) is 5.69 Å². The Morgan fingerprint density at radius 2 is 1.39 bits per heavy atom. The zero-order valence-corrected chi connectivity index (χ0v) is 29.6. The number of hydrogen-bond donors (Lipinski definition) is 4. The van der Waals surface area contributed by atoms with Gasteiger partial charge in [-0.1, -0.05) is 80.6 Å². The van der Waals surface area contributed by atoms with Crippen LogP contribution in [0.1, 0.15) is 69.8 Å². The van der Waals surface area contributed by atoms with Gasteiger partial charge in [-0.3, -0.25) is 18.9 Å². The molecule has 1 aromatic heterocycles. The summed E-state index contributed by atoms with van der Waals surface area (Å²) in [5.74, 6) is -0.518. The molecule has 10 nitrogen and oxygen atoms in total. The monoisotopic (exact) mass is 685 g/mol. The Balaban J connectivity index is 1.56. The summed E-state index contributed by atoms with van der Waals surface area (Å²) in [6.07, 6.45) is 4.99. The lowest BCUT2D eigenvalue weighted by atomic mass is 9.99. The third-order valence-corrected chi connectivity index (χ3v) is 9.41. The Morgan fingerprint density at radius 1 is 0.796 bits per heavy atom. The molecule has 4 N–H and O–H groups in total. The number of sulfonamides is 1. The van der Waals surface area contributed by atoms with E-state index in [1.165, 1.54) is 25.2 Å². The van der Waals surface area contributed by atoms with E-state index in [4.69, 9.17) is 0 Å². The molecule has 0 bridgehead atoms. The summed E-state index contributed by atoms with van der Waals surface area (Å²) in [4.78, 5) is 31.7. The molecule has 2 amide bonds. The number of benzene rings is 3. The van der Waals surface area contributed by atoms with E-state index in [9.17, 15) is 23.1 Å². The average molecular weight is 686 g/mol. The molecular formula is C38H47N5O5S. The average Bonchev–Trinajstić information content (AvgIpc) is 3.07. The van der Waals surface area contributed by atoms with Crippen molar-refractivity contribution < 1.29 is 23.1 Å². The van der Waals surface area contributed by atoms with E-state index in [-0.39, 0.29) is 29.4 Å². The number of hydrogen-bond acceptors (Lipinski definition) is 7. The first-order chi connectivity index (χ1) is 23.3. The number of carbonyl (C=O) groups excluding carboxylic acids is 2. The summed E-state index contributed by atoms with van der Waals surface area (Å²) in [5.41, 5.74) is 4.31. The number of pyridine rings is 1. The minimum absolute atomic E-state index is 0.0803. The summed E-state index contributed by atoms with van der Waals surface area (Å²) >= 11 is 0. The maximum absolute atomic E-state index is 13.9. The first-order valence-electron chi connectivity index (χ1n) is 16.4. The van der Waals surface area contributed by atoms with Gasteiger partial charge in [0.15, 0.2) is 0 Å². The second-order valence-electron chi connectivity index (χ2n) is 12.9. The molecule has 11 heteroatoms. The topological polar surface area (TPSA) is 141 Å². The smallest absolute Gasteiger partial charge is 0.251 e. The lowest BCUT2D eigenvalue weighted by molar-refractivity contribution is 0.0830. The largest absolute Gasteiger partial charge is 0.390 e. The highest BCUT2D eigenvalue weighted by Crippen LogP contribution is 2.22. The first kappa shape index (κ1) is 37.2. The highest BCUT2D eigenvalue weighted by Gasteiger charge is 2.25. The van der Waals surface area contributed by atoms with Crippen molar-refractivity contribution in [3.8, 4) is 0 Å². The van der Waals surface area contributed by atoms with Crippen molar-refractivity contribution in [3.05, 3.63) is 131 Å². The normalized spacial score (nSPS) is 13.4. The Bertz CT molecular complexity index is 1800. The number of carbonyl (C=O) groups is 2. The van der Waals surface area contributed by atoms with Crippen LogP contribution in [-0.2, 0) is 29.4 Å². The Morgan fingerprint density at radius 3 is 2.00 bits per heavy atom. The van der Waals surface area contributed by atoms with Crippen LogP contribution in [0, 0.1) is 5.92 Å². The number of amides is 2. The molecule has 0 saturated heterocycles. The van der Waals surface area contributed by atoms with Crippen LogP contribution in [0.15, 0.2) is 97.3 Å². The maximum Gasteiger partial charge on any atom is 0.251 e. The number of aromatic nitrogens is 1. The van der Waals surface area contributed by atoms with Gasteiger partial charge in [0, 0.05) is 43.7 Å². The summed E-state index contributed by atoms with van der Waals surface area (Å²) in [5, 5.41) is 20.6. The Kier molecular flexibility index (Phi) is 13.1. The van der Waals surface area contributed by atoms with Crippen LogP contribution in [-0.4, -0.2) is 62.3 Å². The van der Waals surface area contributed by atoms with E-state index < -0.39 is 34.0 Å². The third kappa shape index (κ3) is 11.2. The van der Waals surface area contributed by atoms with E-state index in [0.29, 0.717) is 18.9 Å². The van der Waals surface area contributed by atoms with Crippen molar-refractivity contribution in [2.45, 2.75) is 58.3 Å². The van der Waals surface area contributed by atoms with Crippen LogP contribution in [0.5, 0.6) is 0 Å². The van der Waals surface area contributed by atoms with Gasteiger partial charge in [0.1, 0.15) is 0 Å². The molecule has 4 rings (SSSR count). The van der Waals surface area contributed by atoms with Gasteiger partial charge in [0.25, 0.3) is 11.8 Å². The van der Waals surface area contributed by atoms with Crippen LogP contribution < -0.4 is 20.3 Å². The summed E-state index contributed by atoms with van der Waals surface area (Å²) in [6, 6.07) is 24.3. The highest BCUT2D eigenvalue weighted by atomic mass is 32.2. The molecule has 0 aliphatic carbocycles. The number of nitrogens with zero attached hydrogens (tertiary/aromatic N) is 2. The van der Waals surface area contributed by atoms with Gasteiger partial charge in [-0.05, 0) is 66.1 Å². The fourth-order valence-electron chi connectivity index (χ4n) is 5.48. The van der Waals surface area contributed by atoms with Crippen molar-refractivity contribution in [1.29, 1.82) is 0 Å². The van der Waals surface area contributed by atoms with Gasteiger partial charge < -0.3 is 21.1 Å². The molecule has 0 spiro atoms. The van der Waals surface area contributed by atoms with Crippen molar-refractivity contribution in [3.63, 3.8) is 0 Å². The number of aliphatic hydroxyl groups excluding tert-OH is 1. The predicted molar refractivity (Wildman–Crippen MR) is 194 cm³/mol. The molecule has 4 aromatic rings. The van der Waals surface area contributed by atoms with Crippen LogP contribution in [0.3, 0.4) is 0 Å². The Labute approximate surface area is 290 Å². The van der Waals surface area contributed by atoms with Crippen molar-refractivity contribution >= 4 is 27.5 Å². The van der Waals surface area contributed by atoms with Crippen molar-refractivity contribution in [2.24, 2.45) is 5.92 Å². The quantitative estimate of drug-likeness (QED) is 0.135. The predicted octanol–water partition coefficient (Wildman–Crippen LogP) is 4.66. The molecule has 0 aliphatic rings. The SMILES string of the molecule is CC(C)Cc1cncc(CNC[C@@H](O)[C@H](Cc2ccccc2)NC(=O)c2cc(C(=O)N[C@H](C)c3ccccc3)cc(N(C)S(C)(=O)=O)c2)c1. The number of rotatable bonds is 16. The summed E-state index contributed by atoms with van der Waals surface area (Å²) < 4.78 is 26.0. The van der Waals surface area contributed by atoms with Gasteiger partial charge in [0.2, 0.25) is 10.0 Å². The van der Waals surface area contributed by atoms with Crippen LogP contribution in [0.25, 0.3) is 0 Å². The fraction of sp³-hybridized carbons (Fsp3) is 0.342. The molecule has 0 radical (unpaired) electrons. The zero-order chi connectivity index (χ0) is 35.6. The van der Waals surface area contributed by atoms with Gasteiger partial charge >= 0.3 is 0 Å². The van der Waals surface area contributed by atoms with Crippen LogP contribution in [0.2, 0.25) is 0 Å². The van der Waals surface area contributed by atoms with Gasteiger partial charge in [-0.25, -0.2) is 8.42 Å². The minimum Gasteiger partial charge on any atom is -0.390 e. The van der Waals surface area contributed by atoms with Gasteiger partial charge in [0.05, 0.1) is 30.1 Å². The summed E-state index contributed by atoms with van der Waals surface area (Å²) in [6.45, 7) is 6.83. The van der Waals surface area contributed by atoms with E-state index in [1.54, 1.807) is 6.20 Å². The fourth-order valence-corrected chi connectivity index (χ4v) is 5.97. The molecule has 0 fully saturated rings. The lowest BCUT2D eigenvalue weighted by Gasteiger charge is -2.25. The second-order valence-corrected chi connectivity index (χ2v) is 14.9. The lowest BCUT2D eigenvalue weighted by Crippen LogP contribution is -2.48. The molecule has 1 heterocycles. The second kappa shape index (κ2) is 17.2. The number of nitrogens with one attached hydrogen (secondary N) is 3. The molecule has 49 heavy (non-hydrogen) atoms. The van der Waals surface area contributed by atoms with Crippen molar-refractivity contribution in [1.82, 2.24) is 20.9 Å². The standard InChI is InChI=1S/C38H47N5O5S/c1-26(2)16-29-17-30(23-39-22-29)24-40-25-36(44)35(18-28-12-8-6-9-13-28)42-38(46)33-19-32(20-34(21-33)43(4)49(5,47)48)37(45)41-27(3)31-14-10-7-11-15-31/h6-15,17,19-23,26-27,35-36,40,44H,16,18,24-25H2,1-5H3,(H,41,45)(H,42,46)/t27-,35+,36-/m1/s1. The highest BCUT2D eigenvalue weighted by molar-refractivity contribution is 7.92. The van der Waals surface area contributed by atoms with Crippen molar-refractivity contribution in [2.75, 3.05) is 24.2 Å². The first-order valence-corrected chi connectivity index (χ1v) is 18.3. The van der Waals surface area contributed by atoms with E-state index in [1.807, 2.05) is 73.8 Å². The Hall–Kier alpha value is -4.58. The molecule has 3 atom stereocenters. The molecule has 260 valence electrons. The minimum atomic E-state index is -3.71. The third-order valence-electron chi connectivity index (χ3n) is 8.21. The van der Waals surface area contributed by atoms with E-state index in [0.717, 1.165) is 39.2 Å². The molecule has 0 unspecified atom stereocenters. The van der Waals surface area contributed by atoms with E-state index >= 15 is 0 Å².